The maximum atomic E-state index is 5.92. The van der Waals surface area contributed by atoms with Crippen LogP contribution in [0.15, 0.2) is 29.3 Å². The normalized spacial score (nSPS) is 15.2. The van der Waals surface area contributed by atoms with Crippen LogP contribution in [0.5, 0.6) is 5.75 Å². The van der Waals surface area contributed by atoms with Crippen LogP contribution in [0.3, 0.4) is 0 Å². The van der Waals surface area contributed by atoms with Crippen LogP contribution in [0, 0.1) is 0 Å². The molecule has 2 N–H and O–H groups in total. The number of hydrogen-bond acceptors (Lipinski definition) is 4. The van der Waals surface area contributed by atoms with Crippen LogP contribution in [0.1, 0.15) is 51.2 Å². The number of aryl methyl sites for hydroxylation is 2. The van der Waals surface area contributed by atoms with Gasteiger partial charge < -0.3 is 19.9 Å². The van der Waals surface area contributed by atoms with E-state index in [4.69, 9.17) is 16.3 Å². The highest BCUT2D eigenvalue weighted by Gasteiger charge is 2.14. The van der Waals surface area contributed by atoms with Gasteiger partial charge in [0, 0.05) is 37.5 Å². The molecule has 7 nitrogen and oxygen atoms in total. The second-order valence-corrected chi connectivity index (χ2v) is 8.06. The van der Waals surface area contributed by atoms with Gasteiger partial charge in [0.1, 0.15) is 23.5 Å². The van der Waals surface area contributed by atoms with Crippen molar-refractivity contribution in [3.63, 3.8) is 0 Å². The van der Waals surface area contributed by atoms with E-state index in [-0.39, 0.29) is 6.10 Å². The fraction of sp³-hybridized carbons (Fsp3) is 0.591. The van der Waals surface area contributed by atoms with Gasteiger partial charge >= 0.3 is 0 Å². The number of rotatable bonds is 9. The van der Waals surface area contributed by atoms with E-state index in [1.807, 2.05) is 31.2 Å². The quantitative estimate of drug-likeness (QED) is 0.359. The Kier molecular flexibility index (Phi) is 8.81. The number of nitrogens with zero attached hydrogens (tertiary/aromatic N) is 4. The highest BCUT2D eigenvalue weighted by molar-refractivity contribution is 6.30. The van der Waals surface area contributed by atoms with Crippen molar-refractivity contribution in [1.29, 1.82) is 0 Å². The first-order valence-corrected chi connectivity index (χ1v) is 11.4. The van der Waals surface area contributed by atoms with Gasteiger partial charge in [0.25, 0.3) is 0 Å². The summed E-state index contributed by atoms with van der Waals surface area (Å²) in [5.41, 5.74) is 0. The summed E-state index contributed by atoms with van der Waals surface area (Å²) in [7, 11) is 0. The van der Waals surface area contributed by atoms with Crippen molar-refractivity contribution in [2.45, 2.75) is 65.0 Å². The number of ether oxygens (including phenoxy) is 1. The summed E-state index contributed by atoms with van der Waals surface area (Å²) >= 11 is 5.92. The van der Waals surface area contributed by atoms with Crippen molar-refractivity contribution >= 4 is 17.6 Å². The Morgan fingerprint density at radius 3 is 2.83 bits per heavy atom. The molecule has 3 rings (SSSR count). The fourth-order valence-corrected chi connectivity index (χ4v) is 3.65. The van der Waals surface area contributed by atoms with Gasteiger partial charge in [-0.15, -0.1) is 10.2 Å². The molecule has 0 saturated heterocycles. The second-order valence-electron chi connectivity index (χ2n) is 7.63. The number of halogens is 1. The van der Waals surface area contributed by atoms with Gasteiger partial charge in [-0.1, -0.05) is 18.0 Å². The first kappa shape index (κ1) is 22.4. The third-order valence-corrected chi connectivity index (χ3v) is 5.31. The van der Waals surface area contributed by atoms with Crippen molar-refractivity contribution in [2.75, 3.05) is 19.6 Å². The molecule has 2 heterocycles. The van der Waals surface area contributed by atoms with E-state index in [1.54, 1.807) is 0 Å². The number of aromatic nitrogens is 3. The monoisotopic (exact) mass is 432 g/mol. The Morgan fingerprint density at radius 1 is 1.20 bits per heavy atom. The Hall–Kier alpha value is -2.28. The lowest BCUT2D eigenvalue weighted by atomic mass is 10.2. The lowest BCUT2D eigenvalue weighted by Crippen LogP contribution is -2.38. The average molecular weight is 433 g/mol. The van der Waals surface area contributed by atoms with Crippen molar-refractivity contribution in [2.24, 2.45) is 4.99 Å². The smallest absolute Gasteiger partial charge is 0.191 e. The van der Waals surface area contributed by atoms with Crippen LogP contribution >= 0.6 is 11.6 Å². The predicted molar refractivity (Wildman–Crippen MR) is 121 cm³/mol. The molecule has 0 fully saturated rings. The van der Waals surface area contributed by atoms with Crippen LogP contribution in [-0.4, -0.2) is 46.5 Å². The lowest BCUT2D eigenvalue weighted by molar-refractivity contribution is 0.230. The van der Waals surface area contributed by atoms with Gasteiger partial charge in [0.15, 0.2) is 5.96 Å². The standard InChI is InChI=1S/C22H33ClN6O/c1-3-24-22(26-16-17(2)30-19-12-10-18(23)11-13-19)25-14-7-9-21-28-27-20-8-5-4-6-15-29(20)21/h10-13,17H,3-9,14-16H2,1-2H3,(H2,24,25,26). The molecule has 0 saturated carbocycles. The second kappa shape index (κ2) is 11.8. The molecule has 1 aromatic carbocycles. The summed E-state index contributed by atoms with van der Waals surface area (Å²) in [6.45, 7) is 7.35. The topological polar surface area (TPSA) is 76.4 Å². The van der Waals surface area contributed by atoms with E-state index < -0.39 is 0 Å². The summed E-state index contributed by atoms with van der Waals surface area (Å²) < 4.78 is 8.22. The van der Waals surface area contributed by atoms with Crippen LogP contribution in [0.25, 0.3) is 0 Å². The van der Waals surface area contributed by atoms with E-state index in [2.05, 4.69) is 37.3 Å². The molecule has 0 aliphatic carbocycles. The van der Waals surface area contributed by atoms with Crippen molar-refractivity contribution in [3.05, 3.63) is 40.9 Å². The largest absolute Gasteiger partial charge is 0.489 e. The number of nitrogens with one attached hydrogen (secondary N) is 2. The van der Waals surface area contributed by atoms with Crippen LogP contribution < -0.4 is 15.4 Å². The van der Waals surface area contributed by atoms with E-state index in [9.17, 15) is 0 Å². The Labute approximate surface area is 184 Å². The molecule has 0 bridgehead atoms. The lowest BCUT2D eigenvalue weighted by Gasteiger charge is -2.15. The zero-order valence-corrected chi connectivity index (χ0v) is 18.8. The Bertz CT molecular complexity index is 804. The maximum Gasteiger partial charge on any atom is 0.191 e. The number of aliphatic imine (C=N–C) groups is 1. The molecule has 0 amide bonds. The number of hydrogen-bond donors (Lipinski definition) is 2. The number of guanidine groups is 1. The molecule has 1 unspecified atom stereocenters. The first-order valence-electron chi connectivity index (χ1n) is 11.0. The molecular weight excluding hydrogens is 400 g/mol. The van der Waals surface area contributed by atoms with Gasteiger partial charge in [0.2, 0.25) is 0 Å². The minimum atomic E-state index is -0.0342. The van der Waals surface area contributed by atoms with E-state index in [1.165, 1.54) is 19.3 Å². The predicted octanol–water partition coefficient (Wildman–Crippen LogP) is 3.61. The van der Waals surface area contributed by atoms with Crippen LogP contribution in [0.4, 0.5) is 0 Å². The molecule has 30 heavy (non-hydrogen) atoms. The molecular formula is C22H33ClN6O. The average Bonchev–Trinajstić information content (AvgIpc) is 2.97. The van der Waals surface area contributed by atoms with Gasteiger partial charge in [-0.3, -0.25) is 0 Å². The van der Waals surface area contributed by atoms with E-state index in [0.29, 0.717) is 11.6 Å². The summed E-state index contributed by atoms with van der Waals surface area (Å²) in [6, 6.07) is 7.40. The van der Waals surface area contributed by atoms with Crippen molar-refractivity contribution in [3.8, 4) is 5.75 Å². The van der Waals surface area contributed by atoms with Gasteiger partial charge in [0.05, 0.1) is 6.54 Å². The van der Waals surface area contributed by atoms with Crippen LogP contribution in [-0.2, 0) is 19.4 Å². The molecule has 8 heteroatoms. The van der Waals surface area contributed by atoms with E-state index >= 15 is 0 Å². The minimum Gasteiger partial charge on any atom is -0.489 e. The first-order chi connectivity index (χ1) is 14.7. The van der Waals surface area contributed by atoms with E-state index in [0.717, 1.165) is 62.3 Å². The minimum absolute atomic E-state index is 0.0342. The molecule has 0 spiro atoms. The van der Waals surface area contributed by atoms with Gasteiger partial charge in [-0.05, 0) is 57.4 Å². The van der Waals surface area contributed by atoms with Gasteiger partial charge in [-0.2, -0.15) is 0 Å². The molecule has 1 aliphatic heterocycles. The maximum absolute atomic E-state index is 5.92. The zero-order chi connectivity index (χ0) is 21.2. The molecule has 2 aromatic rings. The zero-order valence-electron chi connectivity index (χ0n) is 18.0. The van der Waals surface area contributed by atoms with Gasteiger partial charge in [-0.25, -0.2) is 4.99 Å². The SMILES string of the molecule is CCNC(=NCC(C)Oc1ccc(Cl)cc1)NCCCc1nnc2n1CCCCC2. The summed E-state index contributed by atoms with van der Waals surface area (Å²) in [5.74, 6) is 3.87. The summed E-state index contributed by atoms with van der Waals surface area (Å²) in [6.07, 6.45) is 6.67. The Balaban J connectivity index is 1.43. The third kappa shape index (κ3) is 6.90. The molecule has 164 valence electrons. The molecule has 1 aliphatic rings. The summed E-state index contributed by atoms with van der Waals surface area (Å²) in [4.78, 5) is 4.65. The molecule has 1 atom stereocenters. The van der Waals surface area contributed by atoms with Crippen molar-refractivity contribution < 1.29 is 4.74 Å². The van der Waals surface area contributed by atoms with Crippen molar-refractivity contribution in [1.82, 2.24) is 25.4 Å². The highest BCUT2D eigenvalue weighted by Crippen LogP contribution is 2.17. The molecule has 1 aromatic heterocycles. The number of benzene rings is 1. The number of fused-ring (bicyclic) bond motifs is 1. The Morgan fingerprint density at radius 2 is 2.03 bits per heavy atom. The molecule has 0 radical (unpaired) electrons. The third-order valence-electron chi connectivity index (χ3n) is 5.06. The summed E-state index contributed by atoms with van der Waals surface area (Å²) in [5, 5.41) is 16.2. The fourth-order valence-electron chi connectivity index (χ4n) is 3.53. The highest BCUT2D eigenvalue weighted by atomic mass is 35.5. The van der Waals surface area contributed by atoms with Crippen LogP contribution in [0.2, 0.25) is 5.02 Å².